The third kappa shape index (κ3) is 4.39. The number of anilines is 1. The summed E-state index contributed by atoms with van der Waals surface area (Å²) < 4.78 is 5.17. The Bertz CT molecular complexity index is 747. The Kier molecular flexibility index (Phi) is 5.65. The Labute approximate surface area is 144 Å². The van der Waals surface area contributed by atoms with Gasteiger partial charge < -0.3 is 21.1 Å². The molecule has 6 nitrogen and oxygen atoms in total. The smallest absolute Gasteiger partial charge is 0.319 e. The van der Waals surface area contributed by atoms with E-state index in [1.54, 1.807) is 18.2 Å². The van der Waals surface area contributed by atoms with Crippen molar-refractivity contribution in [2.75, 3.05) is 12.4 Å². The normalized spacial score (nSPS) is 11.5. The summed E-state index contributed by atoms with van der Waals surface area (Å²) in [6.45, 7) is 1.85. The van der Waals surface area contributed by atoms with Gasteiger partial charge in [0.2, 0.25) is 5.91 Å². The fourth-order valence-corrected chi connectivity index (χ4v) is 2.27. The number of primary amides is 1. The number of amides is 3. The summed E-state index contributed by atoms with van der Waals surface area (Å²) in [5.74, 6) is -0.162. The second-order valence-electron chi connectivity index (χ2n) is 5.15. The molecule has 0 radical (unpaired) electrons. The van der Waals surface area contributed by atoms with E-state index in [4.69, 9.17) is 22.1 Å². The lowest BCUT2D eigenvalue weighted by atomic mass is 10.1. The van der Waals surface area contributed by atoms with Crippen LogP contribution < -0.4 is 21.1 Å². The molecule has 0 aromatic heterocycles. The van der Waals surface area contributed by atoms with E-state index >= 15 is 0 Å². The van der Waals surface area contributed by atoms with Crippen LogP contribution in [0.5, 0.6) is 5.75 Å². The molecule has 0 heterocycles. The van der Waals surface area contributed by atoms with Crippen molar-refractivity contribution < 1.29 is 14.3 Å². The summed E-state index contributed by atoms with van der Waals surface area (Å²) in [6, 6.07) is 11.1. The van der Waals surface area contributed by atoms with Gasteiger partial charge in [-0.2, -0.15) is 0 Å². The van der Waals surface area contributed by atoms with E-state index in [0.717, 1.165) is 5.56 Å². The molecule has 0 saturated heterocycles. The quantitative estimate of drug-likeness (QED) is 0.774. The summed E-state index contributed by atoms with van der Waals surface area (Å²) in [5.41, 5.74) is 6.80. The van der Waals surface area contributed by atoms with Gasteiger partial charge in [-0.3, -0.25) is 4.79 Å². The number of carbonyl (C=O) groups excluding carboxylic acids is 2. The van der Waals surface area contributed by atoms with E-state index in [9.17, 15) is 9.59 Å². The van der Waals surface area contributed by atoms with Crippen molar-refractivity contribution in [3.63, 3.8) is 0 Å². The van der Waals surface area contributed by atoms with Crippen LogP contribution in [0.2, 0.25) is 5.02 Å². The van der Waals surface area contributed by atoms with E-state index < -0.39 is 11.9 Å². The van der Waals surface area contributed by atoms with Crippen molar-refractivity contribution in [3.8, 4) is 5.75 Å². The first-order valence-electron chi connectivity index (χ1n) is 7.21. The number of nitrogens with one attached hydrogen (secondary N) is 2. The first kappa shape index (κ1) is 17.6. The highest BCUT2D eigenvalue weighted by molar-refractivity contribution is 6.30. The Morgan fingerprint density at radius 3 is 2.42 bits per heavy atom. The molecule has 0 bridgehead atoms. The number of carbonyl (C=O) groups is 2. The fraction of sp³-hybridized carbons (Fsp3) is 0.176. The van der Waals surface area contributed by atoms with Crippen LogP contribution in [0.3, 0.4) is 0 Å². The average molecular weight is 348 g/mol. The number of halogens is 1. The van der Waals surface area contributed by atoms with Crippen LogP contribution in [-0.2, 0) is 0 Å². The van der Waals surface area contributed by atoms with Crippen LogP contribution in [0.4, 0.5) is 10.5 Å². The summed E-state index contributed by atoms with van der Waals surface area (Å²) in [5, 5.41) is 6.09. The Morgan fingerprint density at radius 2 is 1.83 bits per heavy atom. The van der Waals surface area contributed by atoms with Gasteiger partial charge in [0, 0.05) is 10.6 Å². The molecule has 0 saturated carbocycles. The summed E-state index contributed by atoms with van der Waals surface area (Å²) in [6.07, 6.45) is 0. The number of hydrogen-bond acceptors (Lipinski definition) is 3. The number of rotatable bonds is 5. The highest BCUT2D eigenvalue weighted by Crippen LogP contribution is 2.25. The maximum absolute atomic E-state index is 12.2. The topological polar surface area (TPSA) is 93.4 Å². The van der Waals surface area contributed by atoms with Crippen LogP contribution in [0.25, 0.3) is 0 Å². The van der Waals surface area contributed by atoms with Crippen LogP contribution in [-0.4, -0.2) is 19.0 Å². The second-order valence-corrected chi connectivity index (χ2v) is 5.59. The average Bonchev–Trinajstić information content (AvgIpc) is 2.55. The number of hydrogen-bond donors (Lipinski definition) is 3. The molecule has 24 heavy (non-hydrogen) atoms. The molecule has 0 aliphatic carbocycles. The van der Waals surface area contributed by atoms with Gasteiger partial charge in [-0.25, -0.2) is 4.79 Å². The van der Waals surface area contributed by atoms with Crippen molar-refractivity contribution in [3.05, 3.63) is 58.6 Å². The van der Waals surface area contributed by atoms with Gasteiger partial charge in [-0.1, -0.05) is 23.7 Å². The van der Waals surface area contributed by atoms with Crippen molar-refractivity contribution in [1.82, 2.24) is 5.32 Å². The minimum absolute atomic E-state index is 0.229. The minimum atomic E-state index is -0.587. The predicted molar refractivity (Wildman–Crippen MR) is 93.5 cm³/mol. The lowest BCUT2D eigenvalue weighted by molar-refractivity contribution is 0.1000. The van der Waals surface area contributed by atoms with Gasteiger partial charge in [0.1, 0.15) is 5.75 Å². The first-order valence-corrected chi connectivity index (χ1v) is 7.59. The lowest BCUT2D eigenvalue weighted by Crippen LogP contribution is -2.31. The third-order valence-corrected chi connectivity index (χ3v) is 3.70. The summed E-state index contributed by atoms with van der Waals surface area (Å²) >= 11 is 5.85. The molecular weight excluding hydrogens is 330 g/mol. The van der Waals surface area contributed by atoms with Gasteiger partial charge in [0.25, 0.3) is 0 Å². The van der Waals surface area contributed by atoms with Crippen LogP contribution in [0.1, 0.15) is 28.9 Å². The summed E-state index contributed by atoms with van der Waals surface area (Å²) in [4.78, 5) is 23.5. The predicted octanol–water partition coefficient (Wildman–Crippen LogP) is 3.33. The molecule has 1 unspecified atom stereocenters. The Balaban J connectivity index is 2.10. The van der Waals surface area contributed by atoms with E-state index in [1.165, 1.54) is 19.2 Å². The maximum Gasteiger partial charge on any atom is 0.319 e. The minimum Gasteiger partial charge on any atom is -0.495 e. The second kappa shape index (κ2) is 7.70. The monoisotopic (exact) mass is 347 g/mol. The third-order valence-electron chi connectivity index (χ3n) is 3.45. The van der Waals surface area contributed by atoms with Crippen LogP contribution >= 0.6 is 11.6 Å². The van der Waals surface area contributed by atoms with Gasteiger partial charge in [0.15, 0.2) is 0 Å². The molecular formula is C17H18ClN3O3. The first-order chi connectivity index (χ1) is 11.4. The van der Waals surface area contributed by atoms with Crippen molar-refractivity contribution in [2.24, 2.45) is 5.73 Å². The van der Waals surface area contributed by atoms with Crippen LogP contribution in [0, 0.1) is 0 Å². The van der Waals surface area contributed by atoms with E-state index in [1.807, 2.05) is 19.1 Å². The maximum atomic E-state index is 12.2. The summed E-state index contributed by atoms with van der Waals surface area (Å²) in [7, 11) is 1.47. The number of urea groups is 1. The molecule has 0 spiro atoms. The van der Waals surface area contributed by atoms with Gasteiger partial charge in [0.05, 0.1) is 18.8 Å². The molecule has 2 aromatic carbocycles. The van der Waals surface area contributed by atoms with Crippen LogP contribution in [0.15, 0.2) is 42.5 Å². The van der Waals surface area contributed by atoms with Crippen molar-refractivity contribution in [2.45, 2.75) is 13.0 Å². The Morgan fingerprint density at radius 1 is 1.17 bits per heavy atom. The highest BCUT2D eigenvalue weighted by Gasteiger charge is 2.13. The molecule has 0 aliphatic rings. The van der Waals surface area contributed by atoms with Gasteiger partial charge >= 0.3 is 6.03 Å². The molecule has 0 aliphatic heterocycles. The fourth-order valence-electron chi connectivity index (χ4n) is 2.15. The SMILES string of the molecule is COc1ccc(C(N)=O)cc1NC(=O)NC(C)c1ccc(Cl)cc1. The molecule has 1 atom stereocenters. The number of nitrogens with two attached hydrogens (primary N) is 1. The zero-order chi connectivity index (χ0) is 17.7. The van der Waals surface area contributed by atoms with E-state index in [-0.39, 0.29) is 11.6 Å². The Hall–Kier alpha value is -2.73. The zero-order valence-electron chi connectivity index (χ0n) is 13.3. The van der Waals surface area contributed by atoms with Gasteiger partial charge in [-0.15, -0.1) is 0 Å². The number of ether oxygens (including phenoxy) is 1. The molecule has 2 rings (SSSR count). The molecule has 2 aromatic rings. The molecule has 0 fully saturated rings. The lowest BCUT2D eigenvalue weighted by Gasteiger charge is -2.16. The van der Waals surface area contributed by atoms with Gasteiger partial charge in [-0.05, 0) is 42.8 Å². The van der Waals surface area contributed by atoms with E-state index in [2.05, 4.69) is 10.6 Å². The highest BCUT2D eigenvalue weighted by atomic mass is 35.5. The number of methoxy groups -OCH3 is 1. The zero-order valence-corrected chi connectivity index (χ0v) is 14.1. The number of benzene rings is 2. The van der Waals surface area contributed by atoms with Crippen molar-refractivity contribution >= 4 is 29.2 Å². The van der Waals surface area contributed by atoms with E-state index in [0.29, 0.717) is 16.5 Å². The largest absolute Gasteiger partial charge is 0.495 e. The molecule has 3 amide bonds. The molecule has 126 valence electrons. The van der Waals surface area contributed by atoms with Crippen molar-refractivity contribution in [1.29, 1.82) is 0 Å². The molecule has 7 heteroatoms. The standard InChI is InChI=1S/C17H18ClN3O3/c1-10(11-3-6-13(18)7-4-11)20-17(23)21-14-9-12(16(19)22)5-8-15(14)24-2/h3-10H,1-2H3,(H2,19,22)(H2,20,21,23). The molecule has 4 N–H and O–H groups in total.